The minimum absolute atomic E-state index is 0.234. The predicted octanol–water partition coefficient (Wildman–Crippen LogP) is 3.87. The number of ketones is 1. The highest BCUT2D eigenvalue weighted by molar-refractivity contribution is 6.44. The monoisotopic (exact) mass is 272 g/mol. The zero-order chi connectivity index (χ0) is 12.5. The Bertz CT molecular complexity index is 437. The molecule has 0 radical (unpaired) electrons. The molecule has 92 valence electrons. The Morgan fingerprint density at radius 1 is 1.18 bits per heavy atom. The fourth-order valence-electron chi connectivity index (χ4n) is 2.29. The van der Waals surface area contributed by atoms with E-state index in [0.29, 0.717) is 23.4 Å². The van der Waals surface area contributed by atoms with E-state index in [0.717, 1.165) is 19.3 Å². The van der Waals surface area contributed by atoms with Gasteiger partial charge in [-0.25, -0.2) is 0 Å². The van der Waals surface area contributed by atoms with Gasteiger partial charge in [-0.3, -0.25) is 4.79 Å². The quantitative estimate of drug-likeness (QED) is 0.830. The Kier molecular flexibility index (Phi) is 3.76. The van der Waals surface area contributed by atoms with Crippen LogP contribution in [-0.4, -0.2) is 16.5 Å². The minimum atomic E-state index is -1.26. The zero-order valence-corrected chi connectivity index (χ0v) is 10.9. The van der Waals surface area contributed by atoms with E-state index < -0.39 is 5.60 Å². The van der Waals surface area contributed by atoms with Crippen LogP contribution >= 0.6 is 23.2 Å². The van der Waals surface area contributed by atoms with Crippen molar-refractivity contribution >= 4 is 29.0 Å². The van der Waals surface area contributed by atoms with Crippen LogP contribution < -0.4 is 0 Å². The predicted molar refractivity (Wildman–Crippen MR) is 68.8 cm³/mol. The number of benzene rings is 1. The summed E-state index contributed by atoms with van der Waals surface area (Å²) in [5.41, 5.74) is -0.935. The standard InChI is InChI=1S/C13H14Cl2O2/c14-10-6-4-5-9(11(10)15)12(16)13(17)7-2-1-3-8-13/h4-6,17H,1-3,7-8H2. The third-order valence-corrected chi connectivity index (χ3v) is 4.12. The topological polar surface area (TPSA) is 37.3 Å². The van der Waals surface area contributed by atoms with Gasteiger partial charge in [0.25, 0.3) is 0 Å². The molecule has 0 bridgehead atoms. The van der Waals surface area contributed by atoms with Crippen molar-refractivity contribution in [2.45, 2.75) is 37.7 Å². The lowest BCUT2D eigenvalue weighted by molar-refractivity contribution is 0.0116. The molecular formula is C13H14Cl2O2. The molecule has 1 aromatic carbocycles. The van der Waals surface area contributed by atoms with Crippen LogP contribution in [0.3, 0.4) is 0 Å². The zero-order valence-electron chi connectivity index (χ0n) is 9.38. The van der Waals surface area contributed by atoms with Crippen molar-refractivity contribution in [3.8, 4) is 0 Å². The van der Waals surface area contributed by atoms with Crippen molar-refractivity contribution in [2.24, 2.45) is 0 Å². The third kappa shape index (κ3) is 2.49. The van der Waals surface area contributed by atoms with Gasteiger partial charge in [0.1, 0.15) is 5.60 Å². The summed E-state index contributed by atoms with van der Waals surface area (Å²) in [6.07, 6.45) is 3.84. The van der Waals surface area contributed by atoms with Crippen molar-refractivity contribution in [1.82, 2.24) is 0 Å². The summed E-state index contributed by atoms with van der Waals surface area (Å²) in [5.74, 6) is -0.301. The maximum atomic E-state index is 12.3. The summed E-state index contributed by atoms with van der Waals surface area (Å²) in [7, 11) is 0. The highest BCUT2D eigenvalue weighted by atomic mass is 35.5. The first-order valence-corrected chi connectivity index (χ1v) is 6.51. The van der Waals surface area contributed by atoms with Gasteiger partial charge >= 0.3 is 0 Å². The first kappa shape index (κ1) is 12.9. The minimum Gasteiger partial charge on any atom is -0.382 e. The van der Waals surface area contributed by atoms with Crippen LogP contribution in [0.1, 0.15) is 42.5 Å². The molecule has 1 fully saturated rings. The molecule has 1 aromatic rings. The molecule has 0 aromatic heterocycles. The molecule has 1 aliphatic rings. The summed E-state index contributed by atoms with van der Waals surface area (Å²) in [6, 6.07) is 4.92. The molecule has 0 aliphatic heterocycles. The largest absolute Gasteiger partial charge is 0.382 e. The van der Waals surface area contributed by atoms with E-state index in [1.54, 1.807) is 18.2 Å². The molecule has 1 saturated carbocycles. The molecule has 1 aliphatic carbocycles. The Morgan fingerprint density at radius 2 is 1.82 bits per heavy atom. The van der Waals surface area contributed by atoms with E-state index in [1.165, 1.54) is 0 Å². The first-order valence-electron chi connectivity index (χ1n) is 5.76. The van der Waals surface area contributed by atoms with Gasteiger partial charge in [0.15, 0.2) is 5.78 Å². The molecule has 1 N–H and O–H groups in total. The van der Waals surface area contributed by atoms with Gasteiger partial charge in [0, 0.05) is 5.56 Å². The highest BCUT2D eigenvalue weighted by Gasteiger charge is 2.38. The van der Waals surface area contributed by atoms with Crippen LogP contribution in [0, 0.1) is 0 Å². The van der Waals surface area contributed by atoms with Gasteiger partial charge in [-0.05, 0) is 25.0 Å². The molecule has 0 heterocycles. The normalized spacial score (nSPS) is 19.0. The van der Waals surface area contributed by atoms with Gasteiger partial charge in [-0.2, -0.15) is 0 Å². The van der Waals surface area contributed by atoms with E-state index in [9.17, 15) is 9.90 Å². The van der Waals surface area contributed by atoms with E-state index in [-0.39, 0.29) is 10.8 Å². The van der Waals surface area contributed by atoms with Crippen LogP contribution in [0.5, 0.6) is 0 Å². The number of Topliss-reactive ketones (excluding diaryl/α,β-unsaturated/α-hetero) is 1. The molecule has 0 unspecified atom stereocenters. The van der Waals surface area contributed by atoms with Crippen molar-refractivity contribution in [1.29, 1.82) is 0 Å². The van der Waals surface area contributed by atoms with Gasteiger partial charge < -0.3 is 5.11 Å². The van der Waals surface area contributed by atoms with Crippen LogP contribution in [0.25, 0.3) is 0 Å². The number of carbonyl (C=O) groups is 1. The fraction of sp³-hybridized carbons (Fsp3) is 0.462. The molecular weight excluding hydrogens is 259 g/mol. The van der Waals surface area contributed by atoms with Crippen LogP contribution in [0.15, 0.2) is 18.2 Å². The molecule has 0 amide bonds. The SMILES string of the molecule is O=C(c1cccc(Cl)c1Cl)C1(O)CCCCC1. The Hall–Kier alpha value is -0.570. The third-order valence-electron chi connectivity index (χ3n) is 3.30. The second kappa shape index (κ2) is 4.97. The number of hydrogen-bond acceptors (Lipinski definition) is 2. The van der Waals surface area contributed by atoms with Gasteiger partial charge in [-0.15, -0.1) is 0 Å². The highest BCUT2D eigenvalue weighted by Crippen LogP contribution is 2.34. The lowest BCUT2D eigenvalue weighted by atomic mass is 9.79. The maximum Gasteiger partial charge on any atom is 0.195 e. The van der Waals surface area contributed by atoms with Crippen LogP contribution in [-0.2, 0) is 0 Å². The Morgan fingerprint density at radius 3 is 2.47 bits per heavy atom. The Labute approximate surface area is 111 Å². The molecule has 2 nitrogen and oxygen atoms in total. The molecule has 4 heteroatoms. The number of rotatable bonds is 2. The number of halogens is 2. The molecule has 0 atom stereocenters. The second-order valence-corrected chi connectivity index (χ2v) is 5.31. The van der Waals surface area contributed by atoms with Crippen LogP contribution in [0.2, 0.25) is 10.0 Å². The van der Waals surface area contributed by atoms with Crippen molar-refractivity contribution in [2.75, 3.05) is 0 Å². The summed E-state index contributed by atoms with van der Waals surface area (Å²) in [5, 5.41) is 10.9. The fourth-order valence-corrected chi connectivity index (χ4v) is 2.68. The average Bonchev–Trinajstić information content (AvgIpc) is 2.33. The van der Waals surface area contributed by atoms with Gasteiger partial charge in [-0.1, -0.05) is 48.5 Å². The van der Waals surface area contributed by atoms with Crippen molar-refractivity contribution in [3.05, 3.63) is 33.8 Å². The molecule has 0 spiro atoms. The summed E-state index contributed by atoms with van der Waals surface area (Å²) < 4.78 is 0. The lowest BCUT2D eigenvalue weighted by Gasteiger charge is -2.30. The first-order chi connectivity index (χ1) is 8.04. The Balaban J connectivity index is 2.33. The lowest BCUT2D eigenvalue weighted by Crippen LogP contribution is -2.40. The van der Waals surface area contributed by atoms with Gasteiger partial charge in [0.2, 0.25) is 0 Å². The number of hydrogen-bond donors (Lipinski definition) is 1. The van der Waals surface area contributed by atoms with E-state index in [1.807, 2.05) is 0 Å². The smallest absolute Gasteiger partial charge is 0.195 e. The summed E-state index contributed by atoms with van der Waals surface area (Å²) >= 11 is 11.9. The van der Waals surface area contributed by atoms with E-state index in [4.69, 9.17) is 23.2 Å². The second-order valence-electron chi connectivity index (χ2n) is 4.52. The summed E-state index contributed by atoms with van der Waals surface area (Å²) in [4.78, 5) is 12.3. The van der Waals surface area contributed by atoms with Crippen molar-refractivity contribution < 1.29 is 9.90 Å². The number of carbonyl (C=O) groups excluding carboxylic acids is 1. The van der Waals surface area contributed by atoms with Crippen LogP contribution in [0.4, 0.5) is 0 Å². The molecule has 2 rings (SSSR count). The van der Waals surface area contributed by atoms with Crippen molar-refractivity contribution in [3.63, 3.8) is 0 Å². The average molecular weight is 273 g/mol. The maximum absolute atomic E-state index is 12.3. The summed E-state index contributed by atoms with van der Waals surface area (Å²) in [6.45, 7) is 0. The molecule has 17 heavy (non-hydrogen) atoms. The van der Waals surface area contributed by atoms with E-state index in [2.05, 4.69) is 0 Å². The molecule has 0 saturated heterocycles. The number of aliphatic hydroxyl groups is 1. The van der Waals surface area contributed by atoms with Gasteiger partial charge in [0.05, 0.1) is 10.0 Å². The van der Waals surface area contributed by atoms with E-state index >= 15 is 0 Å².